The van der Waals surface area contributed by atoms with Crippen molar-refractivity contribution < 1.29 is 4.79 Å². The van der Waals surface area contributed by atoms with E-state index in [1.807, 2.05) is 18.2 Å². The van der Waals surface area contributed by atoms with Crippen LogP contribution in [0.3, 0.4) is 0 Å². The first-order valence-corrected chi connectivity index (χ1v) is 4.80. The second kappa shape index (κ2) is 3.38. The van der Waals surface area contributed by atoms with Gasteiger partial charge in [-0.25, -0.2) is 0 Å². The monoisotopic (exact) mass is 195 g/mol. The van der Waals surface area contributed by atoms with E-state index in [-0.39, 0.29) is 11.8 Å². The van der Waals surface area contributed by atoms with Crippen LogP contribution in [0.2, 0.25) is 0 Å². The number of hydrogen-bond donors (Lipinski definition) is 0. The Balaban J connectivity index is 2.33. The molecule has 2 nitrogen and oxygen atoms in total. The molecule has 1 heterocycles. The molecule has 0 unspecified atom stereocenters. The number of amides is 1. The minimum Gasteiger partial charge on any atom is -0.311 e. The molecule has 0 aliphatic carbocycles. The fraction of sp³-hybridized carbons (Fsp3) is 0.300. The zero-order valence-corrected chi connectivity index (χ0v) is 7.92. The third-order valence-electron chi connectivity index (χ3n) is 2.30. The van der Waals surface area contributed by atoms with Gasteiger partial charge in [0.25, 0.3) is 0 Å². The summed E-state index contributed by atoms with van der Waals surface area (Å²) in [6, 6.07) is 7.95. The molecule has 1 aliphatic rings. The molecule has 0 radical (unpaired) electrons. The minimum absolute atomic E-state index is 0.00776. The lowest BCUT2D eigenvalue weighted by Crippen LogP contribution is -2.29. The molecule has 0 aromatic heterocycles. The van der Waals surface area contributed by atoms with Crippen molar-refractivity contribution in [1.82, 2.24) is 0 Å². The van der Waals surface area contributed by atoms with Crippen LogP contribution in [0.5, 0.6) is 0 Å². The molecule has 1 amide bonds. The molecule has 3 heteroatoms. The highest BCUT2D eigenvalue weighted by atomic mass is 35.5. The van der Waals surface area contributed by atoms with Gasteiger partial charge in [-0.15, -0.1) is 11.6 Å². The van der Waals surface area contributed by atoms with E-state index < -0.39 is 0 Å². The summed E-state index contributed by atoms with van der Waals surface area (Å²) >= 11 is 5.51. The standard InChI is InChI=1S/C10H10ClNO/c11-7-10(13)12-6-5-8-3-1-2-4-9(8)12/h1-4H,5-7H2. The average Bonchev–Trinajstić information content (AvgIpc) is 2.60. The van der Waals surface area contributed by atoms with Crippen molar-refractivity contribution in [1.29, 1.82) is 0 Å². The van der Waals surface area contributed by atoms with E-state index >= 15 is 0 Å². The molecular weight excluding hydrogens is 186 g/mol. The Bertz CT molecular complexity index is 337. The van der Waals surface area contributed by atoms with Gasteiger partial charge in [-0.05, 0) is 18.1 Å². The van der Waals surface area contributed by atoms with Crippen molar-refractivity contribution >= 4 is 23.2 Å². The molecule has 13 heavy (non-hydrogen) atoms. The summed E-state index contributed by atoms with van der Waals surface area (Å²) in [6.07, 6.45) is 0.943. The number of carbonyl (C=O) groups excluding carboxylic acids is 1. The Morgan fingerprint density at radius 1 is 1.46 bits per heavy atom. The molecule has 0 saturated heterocycles. The van der Waals surface area contributed by atoms with Crippen LogP contribution >= 0.6 is 11.6 Å². The smallest absolute Gasteiger partial charge is 0.241 e. The molecule has 0 fully saturated rings. The number of para-hydroxylation sites is 1. The summed E-state index contributed by atoms with van der Waals surface area (Å²) in [5, 5.41) is 0. The SMILES string of the molecule is O=C(CCl)N1CCc2ccccc21. The number of alkyl halides is 1. The Labute approximate surface area is 82.1 Å². The van der Waals surface area contributed by atoms with Gasteiger partial charge in [0.05, 0.1) is 0 Å². The molecular formula is C10H10ClNO. The molecule has 68 valence electrons. The summed E-state index contributed by atoms with van der Waals surface area (Å²) in [4.78, 5) is 13.1. The molecule has 0 bridgehead atoms. The normalized spacial score (nSPS) is 14.4. The number of anilines is 1. The van der Waals surface area contributed by atoms with Crippen LogP contribution in [0.1, 0.15) is 5.56 Å². The maximum absolute atomic E-state index is 11.4. The number of benzene rings is 1. The van der Waals surface area contributed by atoms with Gasteiger partial charge in [0.15, 0.2) is 0 Å². The molecule has 0 spiro atoms. The predicted molar refractivity (Wildman–Crippen MR) is 53.2 cm³/mol. The van der Waals surface area contributed by atoms with Crippen LogP contribution in [0.15, 0.2) is 24.3 Å². The first-order chi connectivity index (χ1) is 6.33. The highest BCUT2D eigenvalue weighted by Crippen LogP contribution is 2.27. The Morgan fingerprint density at radius 3 is 3.00 bits per heavy atom. The van der Waals surface area contributed by atoms with E-state index in [0.717, 1.165) is 18.7 Å². The quantitative estimate of drug-likeness (QED) is 0.626. The number of carbonyl (C=O) groups is 1. The first-order valence-electron chi connectivity index (χ1n) is 4.27. The lowest BCUT2D eigenvalue weighted by Gasteiger charge is -2.15. The first kappa shape index (κ1) is 8.57. The lowest BCUT2D eigenvalue weighted by molar-refractivity contribution is -0.116. The lowest BCUT2D eigenvalue weighted by atomic mass is 10.2. The maximum Gasteiger partial charge on any atom is 0.241 e. The van der Waals surface area contributed by atoms with Crippen LogP contribution in [0.4, 0.5) is 5.69 Å². The highest BCUT2D eigenvalue weighted by molar-refractivity contribution is 6.29. The van der Waals surface area contributed by atoms with Crippen molar-refractivity contribution in [2.24, 2.45) is 0 Å². The van der Waals surface area contributed by atoms with E-state index in [1.165, 1.54) is 5.56 Å². The summed E-state index contributed by atoms with van der Waals surface area (Å²) < 4.78 is 0. The van der Waals surface area contributed by atoms with Crippen LogP contribution in [0, 0.1) is 0 Å². The summed E-state index contributed by atoms with van der Waals surface area (Å²) in [6.45, 7) is 0.769. The number of nitrogens with zero attached hydrogens (tertiary/aromatic N) is 1. The fourth-order valence-electron chi connectivity index (χ4n) is 1.67. The molecule has 1 aliphatic heterocycles. The Morgan fingerprint density at radius 2 is 2.23 bits per heavy atom. The molecule has 2 rings (SSSR count). The summed E-state index contributed by atoms with van der Waals surface area (Å²) in [5.41, 5.74) is 2.26. The van der Waals surface area contributed by atoms with E-state index in [1.54, 1.807) is 4.90 Å². The van der Waals surface area contributed by atoms with Gasteiger partial charge in [-0.1, -0.05) is 18.2 Å². The van der Waals surface area contributed by atoms with Gasteiger partial charge in [-0.2, -0.15) is 0 Å². The van der Waals surface area contributed by atoms with Crippen molar-refractivity contribution in [2.75, 3.05) is 17.3 Å². The van der Waals surface area contributed by atoms with E-state index in [0.29, 0.717) is 0 Å². The molecule has 0 atom stereocenters. The number of fused-ring (bicyclic) bond motifs is 1. The molecule has 1 aromatic rings. The van der Waals surface area contributed by atoms with Gasteiger partial charge in [-0.3, -0.25) is 4.79 Å². The van der Waals surface area contributed by atoms with E-state index in [4.69, 9.17) is 11.6 Å². The topological polar surface area (TPSA) is 20.3 Å². The van der Waals surface area contributed by atoms with Gasteiger partial charge in [0.1, 0.15) is 5.88 Å². The van der Waals surface area contributed by atoms with Gasteiger partial charge >= 0.3 is 0 Å². The zero-order valence-electron chi connectivity index (χ0n) is 7.16. The minimum atomic E-state index is -0.00776. The van der Waals surface area contributed by atoms with Gasteiger partial charge in [0, 0.05) is 12.2 Å². The average molecular weight is 196 g/mol. The van der Waals surface area contributed by atoms with Crippen molar-refractivity contribution in [3.8, 4) is 0 Å². The second-order valence-electron chi connectivity index (χ2n) is 3.06. The van der Waals surface area contributed by atoms with Gasteiger partial charge in [0.2, 0.25) is 5.91 Å². The van der Waals surface area contributed by atoms with Crippen molar-refractivity contribution in [3.63, 3.8) is 0 Å². The predicted octanol–water partition coefficient (Wildman–Crippen LogP) is 1.81. The third-order valence-corrected chi connectivity index (χ3v) is 2.53. The molecule has 0 N–H and O–H groups in total. The van der Waals surface area contributed by atoms with Crippen LogP contribution in [-0.4, -0.2) is 18.3 Å². The number of hydrogen-bond acceptors (Lipinski definition) is 1. The Hall–Kier alpha value is -1.02. The second-order valence-corrected chi connectivity index (χ2v) is 3.32. The highest BCUT2D eigenvalue weighted by Gasteiger charge is 2.22. The van der Waals surface area contributed by atoms with Crippen molar-refractivity contribution in [2.45, 2.75) is 6.42 Å². The van der Waals surface area contributed by atoms with E-state index in [2.05, 4.69) is 6.07 Å². The van der Waals surface area contributed by atoms with E-state index in [9.17, 15) is 4.79 Å². The number of halogens is 1. The Kier molecular flexibility index (Phi) is 2.23. The summed E-state index contributed by atoms with van der Waals surface area (Å²) in [7, 11) is 0. The van der Waals surface area contributed by atoms with Crippen LogP contribution in [0.25, 0.3) is 0 Å². The maximum atomic E-state index is 11.4. The zero-order chi connectivity index (χ0) is 9.26. The van der Waals surface area contributed by atoms with Crippen molar-refractivity contribution in [3.05, 3.63) is 29.8 Å². The third kappa shape index (κ3) is 1.42. The molecule has 0 saturated carbocycles. The van der Waals surface area contributed by atoms with Crippen LogP contribution in [-0.2, 0) is 11.2 Å². The molecule has 1 aromatic carbocycles. The largest absolute Gasteiger partial charge is 0.311 e. The van der Waals surface area contributed by atoms with Gasteiger partial charge < -0.3 is 4.90 Å². The van der Waals surface area contributed by atoms with Crippen LogP contribution < -0.4 is 4.90 Å². The fourth-order valence-corrected chi connectivity index (χ4v) is 1.81. The number of rotatable bonds is 1. The summed E-state index contributed by atoms with van der Waals surface area (Å²) in [5.74, 6) is 0.0561.